The molecule has 2 aromatic rings. The number of hydrogen-bond acceptors (Lipinski definition) is 5. The van der Waals surface area contributed by atoms with E-state index in [1.165, 1.54) is 0 Å². The molecule has 0 saturated heterocycles. The van der Waals surface area contributed by atoms with Crippen LogP contribution in [0.15, 0.2) is 59.8 Å². The van der Waals surface area contributed by atoms with Crippen molar-refractivity contribution in [2.45, 2.75) is 57.5 Å². The molecule has 0 amide bonds. The summed E-state index contributed by atoms with van der Waals surface area (Å²) in [6.07, 6.45) is 2.58. The Kier molecular flexibility index (Phi) is 7.46. The Morgan fingerprint density at radius 2 is 1.82 bits per heavy atom. The minimum absolute atomic E-state index is 0.228. The smallest absolute Gasteiger partial charge is 0.185 e. The van der Waals surface area contributed by atoms with Crippen LogP contribution >= 0.6 is 0 Å². The van der Waals surface area contributed by atoms with Gasteiger partial charge in [0, 0.05) is 5.56 Å². The quantitative estimate of drug-likeness (QED) is 0.621. The average Bonchev–Trinajstić information content (AvgIpc) is 3.13. The van der Waals surface area contributed by atoms with Gasteiger partial charge in [-0.15, -0.1) is 0 Å². The minimum atomic E-state index is -0.801. The first-order valence-electron chi connectivity index (χ1n) is 9.94. The summed E-state index contributed by atoms with van der Waals surface area (Å²) in [5.74, 6) is 0.818. The van der Waals surface area contributed by atoms with E-state index in [1.54, 1.807) is 7.11 Å². The van der Waals surface area contributed by atoms with Crippen molar-refractivity contribution < 1.29 is 19.4 Å². The lowest BCUT2D eigenvalue weighted by Crippen LogP contribution is -2.40. The van der Waals surface area contributed by atoms with Gasteiger partial charge in [-0.05, 0) is 24.1 Å². The Morgan fingerprint density at radius 1 is 1.07 bits per heavy atom. The maximum Gasteiger partial charge on any atom is 0.185 e. The minimum Gasteiger partial charge on any atom is -0.497 e. The summed E-state index contributed by atoms with van der Waals surface area (Å²) in [5, 5.41) is 15.0. The van der Waals surface area contributed by atoms with E-state index < -0.39 is 12.2 Å². The molecule has 5 nitrogen and oxygen atoms in total. The first-order valence-corrected chi connectivity index (χ1v) is 9.94. The van der Waals surface area contributed by atoms with Gasteiger partial charge < -0.3 is 19.4 Å². The number of methoxy groups -OCH3 is 1. The molecular weight excluding hydrogens is 354 g/mol. The molecule has 0 spiro atoms. The van der Waals surface area contributed by atoms with E-state index in [2.05, 4.69) is 12.1 Å². The summed E-state index contributed by atoms with van der Waals surface area (Å²) < 4.78 is 11.4. The van der Waals surface area contributed by atoms with Gasteiger partial charge in [0.25, 0.3) is 0 Å². The molecule has 1 aliphatic rings. The second-order valence-corrected chi connectivity index (χ2v) is 7.05. The van der Waals surface area contributed by atoms with E-state index >= 15 is 0 Å². The van der Waals surface area contributed by atoms with Crippen LogP contribution in [0.3, 0.4) is 0 Å². The monoisotopic (exact) mass is 383 g/mol. The average molecular weight is 383 g/mol. The van der Waals surface area contributed by atoms with Gasteiger partial charge in [0.05, 0.1) is 13.7 Å². The lowest BCUT2D eigenvalue weighted by atomic mass is 9.96. The van der Waals surface area contributed by atoms with Crippen LogP contribution in [0.4, 0.5) is 0 Å². The fourth-order valence-electron chi connectivity index (χ4n) is 3.35. The Labute approximate surface area is 166 Å². The van der Waals surface area contributed by atoms with Crippen LogP contribution in [0, 0.1) is 0 Å². The Balaban J connectivity index is 1.65. The predicted molar refractivity (Wildman–Crippen MR) is 110 cm³/mol. The van der Waals surface area contributed by atoms with E-state index in [4.69, 9.17) is 14.3 Å². The van der Waals surface area contributed by atoms with Crippen molar-refractivity contribution in [2.75, 3.05) is 7.11 Å². The van der Waals surface area contributed by atoms with E-state index in [0.29, 0.717) is 12.3 Å². The second kappa shape index (κ2) is 10.2. The summed E-state index contributed by atoms with van der Waals surface area (Å²) in [6, 6.07) is 17.5. The Hall–Kier alpha value is -2.37. The highest BCUT2D eigenvalue weighted by Gasteiger charge is 2.39. The second-order valence-electron chi connectivity index (χ2n) is 7.05. The van der Waals surface area contributed by atoms with Gasteiger partial charge in [0.2, 0.25) is 0 Å². The predicted octanol–water partition coefficient (Wildman–Crippen LogP) is 4.32. The van der Waals surface area contributed by atoms with Crippen molar-refractivity contribution in [3.63, 3.8) is 0 Å². The summed E-state index contributed by atoms with van der Waals surface area (Å²) in [6.45, 7) is 2.62. The zero-order valence-electron chi connectivity index (χ0n) is 16.6. The summed E-state index contributed by atoms with van der Waals surface area (Å²) in [7, 11) is 1.65. The third-order valence-corrected chi connectivity index (χ3v) is 5.02. The number of ether oxygens (including phenoxy) is 2. The molecule has 28 heavy (non-hydrogen) atoms. The Bertz CT molecular complexity index is 745. The van der Waals surface area contributed by atoms with Crippen LogP contribution in [0.5, 0.6) is 5.75 Å². The van der Waals surface area contributed by atoms with E-state index in [1.807, 2.05) is 54.6 Å². The highest BCUT2D eigenvalue weighted by Crippen LogP contribution is 2.25. The van der Waals surface area contributed by atoms with Crippen molar-refractivity contribution in [2.24, 2.45) is 5.16 Å². The van der Waals surface area contributed by atoms with Crippen molar-refractivity contribution in [1.82, 2.24) is 0 Å². The number of aliphatic hydroxyl groups excluding tert-OH is 1. The van der Waals surface area contributed by atoms with Crippen LogP contribution in [-0.4, -0.2) is 36.2 Å². The topological polar surface area (TPSA) is 60.3 Å². The van der Waals surface area contributed by atoms with Gasteiger partial charge in [0.15, 0.2) is 6.10 Å². The molecule has 0 bridgehead atoms. The van der Waals surface area contributed by atoms with Gasteiger partial charge in [-0.25, -0.2) is 0 Å². The molecule has 150 valence electrons. The maximum atomic E-state index is 10.8. The molecule has 0 unspecified atom stereocenters. The van der Waals surface area contributed by atoms with Gasteiger partial charge in [-0.1, -0.05) is 73.8 Å². The van der Waals surface area contributed by atoms with Crippen LogP contribution in [-0.2, 0) is 16.2 Å². The van der Waals surface area contributed by atoms with Gasteiger partial charge in [-0.3, -0.25) is 0 Å². The molecule has 0 radical (unpaired) electrons. The van der Waals surface area contributed by atoms with E-state index in [0.717, 1.165) is 42.6 Å². The highest BCUT2D eigenvalue weighted by molar-refractivity contribution is 6.04. The SMILES string of the molecule is CCCCC[C@H](OCc1ccc(OC)cc1)[C@@H]1ON=C(c2ccccc2)[C@H]1O. The van der Waals surface area contributed by atoms with Gasteiger partial charge in [-0.2, -0.15) is 0 Å². The van der Waals surface area contributed by atoms with Crippen LogP contribution < -0.4 is 4.74 Å². The molecule has 3 atom stereocenters. The molecule has 1 aliphatic heterocycles. The molecule has 0 aromatic heterocycles. The summed E-state index contributed by atoms with van der Waals surface area (Å²) in [5.41, 5.74) is 2.50. The molecule has 1 heterocycles. The summed E-state index contributed by atoms with van der Waals surface area (Å²) in [4.78, 5) is 5.64. The largest absolute Gasteiger partial charge is 0.497 e. The van der Waals surface area contributed by atoms with E-state index in [-0.39, 0.29) is 6.10 Å². The zero-order chi connectivity index (χ0) is 19.8. The lowest BCUT2D eigenvalue weighted by Gasteiger charge is -2.25. The first kappa shape index (κ1) is 20.4. The molecule has 5 heteroatoms. The normalized spacial score (nSPS) is 19.8. The van der Waals surface area contributed by atoms with E-state index in [9.17, 15) is 5.11 Å². The van der Waals surface area contributed by atoms with Gasteiger partial charge >= 0.3 is 0 Å². The summed E-state index contributed by atoms with van der Waals surface area (Å²) >= 11 is 0. The fourth-order valence-corrected chi connectivity index (χ4v) is 3.35. The highest BCUT2D eigenvalue weighted by atomic mass is 16.7. The molecule has 2 aromatic carbocycles. The maximum absolute atomic E-state index is 10.8. The number of rotatable bonds is 10. The molecule has 3 rings (SSSR count). The number of hydrogen-bond donors (Lipinski definition) is 1. The number of oxime groups is 1. The number of benzene rings is 2. The molecule has 0 fully saturated rings. The first-order chi connectivity index (χ1) is 13.7. The Morgan fingerprint density at radius 3 is 2.50 bits per heavy atom. The van der Waals surface area contributed by atoms with Gasteiger partial charge in [0.1, 0.15) is 23.7 Å². The van der Waals surface area contributed by atoms with Crippen LogP contribution in [0.2, 0.25) is 0 Å². The fraction of sp³-hybridized carbons (Fsp3) is 0.435. The zero-order valence-corrected chi connectivity index (χ0v) is 16.6. The van der Waals surface area contributed by atoms with Crippen molar-refractivity contribution in [3.05, 3.63) is 65.7 Å². The van der Waals surface area contributed by atoms with Crippen molar-refractivity contribution in [3.8, 4) is 5.75 Å². The van der Waals surface area contributed by atoms with Crippen LogP contribution in [0.1, 0.15) is 43.7 Å². The number of aliphatic hydroxyl groups is 1. The standard InChI is InChI=1S/C23H29NO4/c1-3-4-6-11-20(27-16-17-12-14-19(26-2)15-13-17)23-22(25)21(24-28-23)18-9-7-5-8-10-18/h5,7-10,12-15,20,22-23,25H,3-4,6,11,16H2,1-2H3/t20-,22+,23-/m0/s1. The number of unbranched alkanes of at least 4 members (excludes halogenated alkanes) is 2. The molecular formula is C23H29NO4. The van der Waals surface area contributed by atoms with Crippen molar-refractivity contribution in [1.29, 1.82) is 0 Å². The molecule has 0 aliphatic carbocycles. The lowest BCUT2D eigenvalue weighted by molar-refractivity contribution is -0.0989. The van der Waals surface area contributed by atoms with Crippen molar-refractivity contribution >= 4 is 5.71 Å². The number of nitrogens with zero attached hydrogens (tertiary/aromatic N) is 1. The third-order valence-electron chi connectivity index (χ3n) is 5.02. The molecule has 1 N–H and O–H groups in total. The molecule has 0 saturated carbocycles. The van der Waals surface area contributed by atoms with Crippen LogP contribution in [0.25, 0.3) is 0 Å². The third kappa shape index (κ3) is 5.12.